The van der Waals surface area contributed by atoms with Crippen LogP contribution in [0.4, 0.5) is 0 Å². The number of rotatable bonds is 5. The molecule has 0 bridgehead atoms. The summed E-state index contributed by atoms with van der Waals surface area (Å²) in [6.45, 7) is 0.901. The summed E-state index contributed by atoms with van der Waals surface area (Å²) in [7, 11) is 1.96. The first-order valence-corrected chi connectivity index (χ1v) is 7.79. The largest absolute Gasteiger partial charge is 0.389 e. The predicted octanol–water partition coefficient (Wildman–Crippen LogP) is 3.19. The second kappa shape index (κ2) is 6.60. The monoisotopic (exact) mass is 265 g/mol. The van der Waals surface area contributed by atoms with Gasteiger partial charge in [-0.2, -0.15) is 0 Å². The number of aliphatic hydroxyl groups is 1. The maximum atomic E-state index is 10.5. The topological polar surface area (TPSA) is 32.3 Å². The molecule has 1 fully saturated rings. The minimum Gasteiger partial charge on any atom is -0.389 e. The van der Waals surface area contributed by atoms with E-state index in [0.717, 1.165) is 25.1 Å². The molecule has 0 amide bonds. The highest BCUT2D eigenvalue weighted by Crippen LogP contribution is 2.33. The van der Waals surface area contributed by atoms with Gasteiger partial charge < -0.3 is 10.4 Å². The Hall–Kier alpha value is -0.510. The Bertz CT molecular complexity index is 375. The molecule has 0 aliphatic heterocycles. The molecule has 0 unspecified atom stereocenters. The normalized spacial score (nSPS) is 18.8. The highest BCUT2D eigenvalue weighted by atomic mass is 32.2. The molecule has 0 aromatic heterocycles. The van der Waals surface area contributed by atoms with Crippen molar-refractivity contribution in [2.24, 2.45) is 0 Å². The van der Waals surface area contributed by atoms with Crippen LogP contribution < -0.4 is 5.32 Å². The minimum absolute atomic E-state index is 0.429. The first-order chi connectivity index (χ1) is 8.72. The third kappa shape index (κ3) is 4.01. The molecular formula is C15H23NOS. The van der Waals surface area contributed by atoms with Crippen molar-refractivity contribution in [1.82, 2.24) is 5.32 Å². The second-order valence-electron chi connectivity index (χ2n) is 5.25. The van der Waals surface area contributed by atoms with E-state index in [-0.39, 0.29) is 0 Å². The second-order valence-corrected chi connectivity index (χ2v) is 6.30. The molecule has 0 heterocycles. The minimum atomic E-state index is -0.429. The number of hydrogen-bond acceptors (Lipinski definition) is 3. The van der Waals surface area contributed by atoms with Crippen molar-refractivity contribution in [2.45, 2.75) is 49.1 Å². The van der Waals surface area contributed by atoms with Gasteiger partial charge in [0, 0.05) is 17.2 Å². The third-order valence-electron chi connectivity index (χ3n) is 3.57. The smallest absolute Gasteiger partial charge is 0.0741 e. The molecule has 2 N–H and O–H groups in total. The lowest BCUT2D eigenvalue weighted by atomic mass is 9.86. The van der Waals surface area contributed by atoms with Crippen molar-refractivity contribution < 1.29 is 5.11 Å². The van der Waals surface area contributed by atoms with E-state index in [0.29, 0.717) is 0 Å². The van der Waals surface area contributed by atoms with Gasteiger partial charge in [0.1, 0.15) is 0 Å². The van der Waals surface area contributed by atoms with Crippen LogP contribution >= 0.6 is 11.8 Å². The zero-order valence-corrected chi connectivity index (χ0v) is 11.9. The van der Waals surface area contributed by atoms with Crippen LogP contribution in [-0.2, 0) is 6.54 Å². The van der Waals surface area contributed by atoms with Crippen molar-refractivity contribution >= 4 is 11.8 Å². The van der Waals surface area contributed by atoms with E-state index in [4.69, 9.17) is 0 Å². The molecule has 18 heavy (non-hydrogen) atoms. The van der Waals surface area contributed by atoms with Gasteiger partial charge in [-0.3, -0.25) is 0 Å². The molecule has 1 aliphatic carbocycles. The summed E-state index contributed by atoms with van der Waals surface area (Å²) < 4.78 is 0. The summed E-state index contributed by atoms with van der Waals surface area (Å²) in [5.74, 6) is 0.829. The lowest BCUT2D eigenvalue weighted by Gasteiger charge is -2.31. The maximum absolute atomic E-state index is 10.5. The van der Waals surface area contributed by atoms with Gasteiger partial charge in [0.05, 0.1) is 5.60 Å². The summed E-state index contributed by atoms with van der Waals surface area (Å²) in [5.41, 5.74) is 0.875. The molecule has 1 saturated carbocycles. The van der Waals surface area contributed by atoms with E-state index in [1.165, 1.54) is 29.7 Å². The van der Waals surface area contributed by atoms with Crippen molar-refractivity contribution in [2.75, 3.05) is 12.8 Å². The van der Waals surface area contributed by atoms with Gasteiger partial charge in [-0.25, -0.2) is 0 Å². The van der Waals surface area contributed by atoms with Crippen molar-refractivity contribution in [3.8, 4) is 0 Å². The zero-order chi connectivity index (χ0) is 12.8. The molecule has 1 aliphatic rings. The quantitative estimate of drug-likeness (QED) is 0.802. The number of thioether (sulfide) groups is 1. The van der Waals surface area contributed by atoms with Gasteiger partial charge in [0.15, 0.2) is 0 Å². The van der Waals surface area contributed by atoms with Gasteiger partial charge in [-0.05, 0) is 37.6 Å². The number of benzene rings is 1. The molecule has 0 atom stereocenters. The van der Waals surface area contributed by atoms with Crippen LogP contribution in [0.1, 0.15) is 37.7 Å². The number of nitrogens with one attached hydrogen (secondary N) is 1. The average molecular weight is 265 g/mol. The third-order valence-corrected chi connectivity index (χ3v) is 4.84. The number of hydrogen-bond donors (Lipinski definition) is 2. The van der Waals surface area contributed by atoms with E-state index in [9.17, 15) is 5.11 Å². The summed E-state index contributed by atoms with van der Waals surface area (Å²) in [5, 5.41) is 13.6. The Morgan fingerprint density at radius 1 is 1.28 bits per heavy atom. The zero-order valence-electron chi connectivity index (χ0n) is 11.1. The van der Waals surface area contributed by atoms with E-state index in [1.807, 2.05) is 7.05 Å². The van der Waals surface area contributed by atoms with Crippen molar-refractivity contribution in [1.29, 1.82) is 0 Å². The van der Waals surface area contributed by atoms with Gasteiger partial charge in [0.2, 0.25) is 0 Å². The molecule has 1 aromatic rings. The lowest BCUT2D eigenvalue weighted by Crippen LogP contribution is -2.33. The fourth-order valence-electron chi connectivity index (χ4n) is 2.52. The summed E-state index contributed by atoms with van der Waals surface area (Å²) >= 11 is 1.79. The summed E-state index contributed by atoms with van der Waals surface area (Å²) in [6.07, 6.45) is 5.57. The van der Waals surface area contributed by atoms with Crippen molar-refractivity contribution in [3.63, 3.8) is 0 Å². The van der Waals surface area contributed by atoms with Crippen LogP contribution in [0.5, 0.6) is 0 Å². The Morgan fingerprint density at radius 3 is 2.78 bits per heavy atom. The molecule has 0 radical (unpaired) electrons. The highest BCUT2D eigenvalue weighted by molar-refractivity contribution is 7.99. The Kier molecular flexibility index (Phi) is 5.10. The van der Waals surface area contributed by atoms with Crippen LogP contribution in [0.2, 0.25) is 0 Å². The first-order valence-electron chi connectivity index (χ1n) is 6.81. The summed E-state index contributed by atoms with van der Waals surface area (Å²) in [6, 6.07) is 8.58. The SMILES string of the molecule is CNCc1cccc(SCC2(O)CCCCC2)c1. The maximum Gasteiger partial charge on any atom is 0.0741 e. The summed E-state index contributed by atoms with van der Waals surface area (Å²) in [4.78, 5) is 1.27. The Labute approximate surface area is 114 Å². The average Bonchev–Trinajstić information content (AvgIpc) is 2.38. The first kappa shape index (κ1) is 13.9. The lowest BCUT2D eigenvalue weighted by molar-refractivity contribution is 0.0273. The van der Waals surface area contributed by atoms with E-state index < -0.39 is 5.60 Å². The van der Waals surface area contributed by atoms with Crippen molar-refractivity contribution in [3.05, 3.63) is 29.8 Å². The van der Waals surface area contributed by atoms with E-state index in [2.05, 4.69) is 29.6 Å². The van der Waals surface area contributed by atoms with Crippen LogP contribution in [0, 0.1) is 0 Å². The molecule has 0 saturated heterocycles. The Morgan fingerprint density at radius 2 is 2.06 bits per heavy atom. The fourth-order valence-corrected chi connectivity index (χ4v) is 3.65. The van der Waals surface area contributed by atoms with Crippen LogP contribution in [0.3, 0.4) is 0 Å². The molecular weight excluding hydrogens is 242 g/mol. The van der Waals surface area contributed by atoms with Crippen LogP contribution in [-0.4, -0.2) is 23.5 Å². The van der Waals surface area contributed by atoms with Gasteiger partial charge >= 0.3 is 0 Å². The van der Waals surface area contributed by atoms with E-state index in [1.54, 1.807) is 11.8 Å². The Balaban J connectivity index is 1.90. The molecule has 1 aromatic carbocycles. The van der Waals surface area contributed by atoms with E-state index >= 15 is 0 Å². The molecule has 3 heteroatoms. The van der Waals surface area contributed by atoms with Crippen LogP contribution in [0.25, 0.3) is 0 Å². The van der Waals surface area contributed by atoms with Gasteiger partial charge in [-0.1, -0.05) is 31.4 Å². The molecule has 0 spiro atoms. The van der Waals surface area contributed by atoms with Gasteiger partial charge in [0.25, 0.3) is 0 Å². The molecule has 2 nitrogen and oxygen atoms in total. The molecule has 100 valence electrons. The van der Waals surface area contributed by atoms with Gasteiger partial charge in [-0.15, -0.1) is 11.8 Å². The highest BCUT2D eigenvalue weighted by Gasteiger charge is 2.28. The standard InChI is InChI=1S/C15H23NOS/c1-16-11-13-6-5-7-14(10-13)18-12-15(17)8-3-2-4-9-15/h5-7,10,16-17H,2-4,8-9,11-12H2,1H3. The fraction of sp³-hybridized carbons (Fsp3) is 0.600. The van der Waals surface area contributed by atoms with Crippen LogP contribution in [0.15, 0.2) is 29.2 Å². The molecule has 2 rings (SSSR count). The predicted molar refractivity (Wildman–Crippen MR) is 78.0 cm³/mol.